The Bertz CT molecular complexity index is 1220. The van der Waals surface area contributed by atoms with Crippen LogP contribution in [0, 0.1) is 0 Å². The van der Waals surface area contributed by atoms with Crippen LogP contribution in [0.1, 0.15) is 78.0 Å². The van der Waals surface area contributed by atoms with E-state index in [2.05, 4.69) is 0 Å². The topological polar surface area (TPSA) is 95.8 Å². The van der Waals surface area contributed by atoms with Crippen LogP contribution >= 0.6 is 7.82 Å². The molecule has 0 saturated carbocycles. The summed E-state index contributed by atoms with van der Waals surface area (Å²) in [6, 6.07) is 12.7. The highest BCUT2D eigenvalue weighted by Gasteiger charge is 2.43. The fraction of sp³-hybridized carbons (Fsp3) is 0.581. The molecule has 1 heterocycles. The number of aryl methyl sites for hydroxylation is 2. The van der Waals surface area contributed by atoms with Crippen LogP contribution in [0.15, 0.2) is 47.5 Å². The largest absolute Gasteiger partial charge is 0.508 e. The number of halogens is 1. The highest BCUT2D eigenvalue weighted by Crippen LogP contribution is 2.56. The Hall–Kier alpha value is -2.45. The number of hydrogen-bond donors (Lipinski definition) is 1. The second-order valence-electron chi connectivity index (χ2n) is 12.5. The van der Waals surface area contributed by atoms with E-state index in [9.17, 15) is 14.1 Å². The van der Waals surface area contributed by atoms with Crippen molar-refractivity contribution in [2.24, 2.45) is 4.99 Å². The molecule has 0 radical (unpaired) electrons. The molecule has 0 fully saturated rings. The lowest BCUT2D eigenvalue weighted by molar-refractivity contribution is -0.00466. The van der Waals surface area contributed by atoms with Gasteiger partial charge in [-0.1, -0.05) is 18.2 Å². The van der Waals surface area contributed by atoms with Gasteiger partial charge < -0.3 is 14.6 Å². The first kappa shape index (κ1) is 33.1. The van der Waals surface area contributed by atoms with Crippen LogP contribution in [0.3, 0.4) is 0 Å². The fourth-order valence-corrected chi connectivity index (χ4v) is 6.32. The second kappa shape index (κ2) is 13.7. The number of aliphatic imine (C=N–C) groups is 1. The Morgan fingerprint density at radius 2 is 1.71 bits per heavy atom. The van der Waals surface area contributed by atoms with Crippen LogP contribution < -0.4 is 4.74 Å². The Balaban J connectivity index is 1.64. The molecule has 0 aromatic heterocycles. The molecule has 1 unspecified atom stereocenters. The number of benzene rings is 2. The third-order valence-electron chi connectivity index (χ3n) is 6.13. The van der Waals surface area contributed by atoms with E-state index in [1.807, 2.05) is 24.3 Å². The van der Waals surface area contributed by atoms with Gasteiger partial charge in [-0.3, -0.25) is 13.6 Å². The van der Waals surface area contributed by atoms with Crippen molar-refractivity contribution in [3.05, 3.63) is 59.2 Å². The van der Waals surface area contributed by atoms with Gasteiger partial charge in [-0.15, -0.1) is 0 Å². The van der Waals surface area contributed by atoms with Gasteiger partial charge in [-0.25, -0.2) is 13.9 Å². The monoisotopic (exact) mass is 593 g/mol. The Kier molecular flexibility index (Phi) is 11.0. The zero-order valence-electron chi connectivity index (χ0n) is 25.4. The summed E-state index contributed by atoms with van der Waals surface area (Å²) in [4.78, 5) is 4.69. The molecule has 1 N–H and O–H groups in total. The molecule has 0 aliphatic carbocycles. The molecule has 41 heavy (non-hydrogen) atoms. The van der Waals surface area contributed by atoms with Crippen LogP contribution in [-0.2, 0) is 42.4 Å². The molecule has 0 spiro atoms. The first-order valence-corrected chi connectivity index (χ1v) is 15.5. The summed E-state index contributed by atoms with van der Waals surface area (Å²) < 4.78 is 56.5. The maximum Gasteiger partial charge on any atom is 0.475 e. The summed E-state index contributed by atoms with van der Waals surface area (Å²) in [6.45, 7) is 12.5. The number of phenols is 1. The molecule has 1 aliphatic heterocycles. The molecule has 1 atom stereocenters. The molecule has 2 aromatic rings. The van der Waals surface area contributed by atoms with E-state index in [1.54, 1.807) is 66.7 Å². The van der Waals surface area contributed by atoms with E-state index in [0.717, 1.165) is 24.0 Å². The van der Waals surface area contributed by atoms with E-state index in [1.165, 1.54) is 0 Å². The summed E-state index contributed by atoms with van der Waals surface area (Å²) in [7, 11) is -3.93. The molecule has 228 valence electrons. The number of hydrogen-bond acceptors (Lipinski definition) is 8. The van der Waals surface area contributed by atoms with Gasteiger partial charge in [0.05, 0.1) is 24.4 Å². The van der Waals surface area contributed by atoms with Crippen LogP contribution in [0.4, 0.5) is 4.39 Å². The van der Waals surface area contributed by atoms with Crippen molar-refractivity contribution in [2.45, 2.75) is 97.6 Å². The van der Waals surface area contributed by atoms with Crippen molar-refractivity contribution in [3.8, 4) is 11.5 Å². The lowest BCUT2D eigenvalue weighted by Gasteiger charge is -2.33. The summed E-state index contributed by atoms with van der Waals surface area (Å²) in [5, 5.41) is 9.61. The van der Waals surface area contributed by atoms with Crippen LogP contribution in [0.2, 0.25) is 0 Å². The molecule has 2 aromatic carbocycles. The van der Waals surface area contributed by atoms with E-state index in [4.69, 9.17) is 28.0 Å². The summed E-state index contributed by atoms with van der Waals surface area (Å²) in [6.07, 6.45) is 2.57. The average Bonchev–Trinajstić information content (AvgIpc) is 3.23. The Labute approximate surface area is 243 Å². The van der Waals surface area contributed by atoms with Gasteiger partial charge in [0.25, 0.3) is 0 Å². The Morgan fingerprint density at radius 3 is 2.29 bits per heavy atom. The highest BCUT2D eigenvalue weighted by atomic mass is 31.2. The first-order chi connectivity index (χ1) is 19.1. The highest BCUT2D eigenvalue weighted by molar-refractivity contribution is 7.48. The summed E-state index contributed by atoms with van der Waals surface area (Å²) >= 11 is 0. The minimum Gasteiger partial charge on any atom is -0.508 e. The molecule has 0 amide bonds. The zero-order chi connectivity index (χ0) is 30.3. The van der Waals surface area contributed by atoms with Crippen molar-refractivity contribution in [2.75, 3.05) is 19.8 Å². The second-order valence-corrected chi connectivity index (χ2v) is 14.0. The third-order valence-corrected chi connectivity index (χ3v) is 8.12. The van der Waals surface area contributed by atoms with Gasteiger partial charge in [-0.05, 0) is 103 Å². The van der Waals surface area contributed by atoms with Gasteiger partial charge in [0.15, 0.2) is 5.90 Å². The quantitative estimate of drug-likeness (QED) is 0.177. The van der Waals surface area contributed by atoms with Crippen LogP contribution in [-0.4, -0.2) is 47.6 Å². The SMILES string of the molecule is CC1=NC(CCc2ccc(OCCCc3cccc(O)c3)c(CF)c2)(COP(=O)(OC(C)(C)C)OC(C)(C)C)CO1. The number of phosphoric acid groups is 1. The van der Waals surface area contributed by atoms with E-state index in [0.29, 0.717) is 36.7 Å². The lowest BCUT2D eigenvalue weighted by atomic mass is 9.93. The maximum absolute atomic E-state index is 13.9. The van der Waals surface area contributed by atoms with Crippen molar-refractivity contribution < 1.29 is 37.1 Å². The number of aromatic hydroxyl groups is 1. The summed E-state index contributed by atoms with van der Waals surface area (Å²) in [5.74, 6) is 1.28. The van der Waals surface area contributed by atoms with Crippen molar-refractivity contribution in [1.29, 1.82) is 0 Å². The van der Waals surface area contributed by atoms with Crippen molar-refractivity contribution in [3.63, 3.8) is 0 Å². The number of rotatable bonds is 14. The first-order valence-electron chi connectivity index (χ1n) is 14.0. The number of phosphoric ester groups is 1. The van der Waals surface area contributed by atoms with Crippen LogP contribution in [0.25, 0.3) is 0 Å². The van der Waals surface area contributed by atoms with Crippen LogP contribution in [0.5, 0.6) is 11.5 Å². The molecular formula is C31H45FNO7P. The predicted octanol–water partition coefficient (Wildman–Crippen LogP) is 7.75. The summed E-state index contributed by atoms with van der Waals surface area (Å²) in [5.41, 5.74) is 0.122. The molecular weight excluding hydrogens is 548 g/mol. The number of phenolic OH excluding ortho intramolecular Hbond substituents is 1. The molecule has 0 bridgehead atoms. The Morgan fingerprint density at radius 1 is 1.02 bits per heavy atom. The number of nitrogens with zero attached hydrogens (tertiary/aromatic N) is 1. The number of ether oxygens (including phenoxy) is 2. The van der Waals surface area contributed by atoms with Gasteiger partial charge in [0.2, 0.25) is 0 Å². The minimum atomic E-state index is -3.93. The standard InChI is InChI=1S/C31H45FNO7P/c1-23-33-31(21-37-23,22-38-41(35,39-29(2,3)4)40-30(5,6)7)16-15-25-13-14-28(26(18-25)20-32)36-17-9-11-24-10-8-12-27(34)19-24/h8,10,12-14,18-19,34H,9,11,15-17,20-22H2,1-7H3. The molecule has 1 aliphatic rings. The van der Waals surface area contributed by atoms with E-state index in [-0.39, 0.29) is 19.0 Å². The molecule has 3 rings (SSSR count). The molecule has 10 heteroatoms. The van der Waals surface area contributed by atoms with E-state index >= 15 is 0 Å². The van der Waals surface area contributed by atoms with Gasteiger partial charge in [0, 0.05) is 12.5 Å². The lowest BCUT2D eigenvalue weighted by Crippen LogP contribution is -2.36. The molecule has 8 nitrogen and oxygen atoms in total. The average molecular weight is 594 g/mol. The predicted molar refractivity (Wildman–Crippen MR) is 159 cm³/mol. The normalized spacial score (nSPS) is 17.8. The van der Waals surface area contributed by atoms with Gasteiger partial charge in [-0.2, -0.15) is 0 Å². The smallest absolute Gasteiger partial charge is 0.475 e. The fourth-order valence-electron chi connectivity index (χ4n) is 4.43. The van der Waals surface area contributed by atoms with E-state index < -0.39 is 31.2 Å². The maximum atomic E-state index is 13.9. The van der Waals surface area contributed by atoms with Crippen molar-refractivity contribution in [1.82, 2.24) is 0 Å². The zero-order valence-corrected chi connectivity index (χ0v) is 26.3. The number of alkyl halides is 1. The third kappa shape index (κ3) is 11.0. The van der Waals surface area contributed by atoms with Gasteiger partial charge >= 0.3 is 7.82 Å². The molecule has 0 saturated heterocycles. The van der Waals surface area contributed by atoms with Crippen molar-refractivity contribution >= 4 is 13.7 Å². The minimum absolute atomic E-state index is 0.0237. The van der Waals surface area contributed by atoms with Gasteiger partial charge in [0.1, 0.15) is 30.3 Å².